The van der Waals surface area contributed by atoms with Gasteiger partial charge in [0.1, 0.15) is 5.00 Å². The van der Waals surface area contributed by atoms with Crippen LogP contribution < -0.4 is 5.32 Å². The third-order valence-corrected chi connectivity index (χ3v) is 5.64. The zero-order chi connectivity index (χ0) is 19.8. The summed E-state index contributed by atoms with van der Waals surface area (Å²) in [5.74, 6) is -2.68. The lowest BCUT2D eigenvalue weighted by Gasteiger charge is -2.29. The number of hydrogen-bond acceptors (Lipinski definition) is 8. The summed E-state index contributed by atoms with van der Waals surface area (Å²) in [7, 11) is 0. The molecule has 0 bridgehead atoms. The first-order valence-electron chi connectivity index (χ1n) is 8.97. The van der Waals surface area contributed by atoms with Crippen molar-refractivity contribution in [1.29, 1.82) is 0 Å². The Kier molecular flexibility index (Phi) is 5.28. The zero-order valence-corrected chi connectivity index (χ0v) is 16.7. The standard InChI is InChI=1S/C19H23NO6S/c1-5-24-18(23)14-11-7-6-10(2)8-13(11)27-15(14)20-9-12-16(21)25-19(3,4)26-17(12)22/h9-10,20H,5-8H2,1-4H3/t10-/m1/s1. The molecule has 27 heavy (non-hydrogen) atoms. The Morgan fingerprint density at radius 3 is 2.63 bits per heavy atom. The number of carbonyl (C=O) groups excluding carboxylic acids is 3. The third-order valence-electron chi connectivity index (χ3n) is 4.46. The second-order valence-corrected chi connectivity index (χ2v) is 8.26. The van der Waals surface area contributed by atoms with E-state index < -0.39 is 23.7 Å². The summed E-state index contributed by atoms with van der Waals surface area (Å²) in [6, 6.07) is 0. The first-order chi connectivity index (χ1) is 12.7. The molecule has 8 heteroatoms. The van der Waals surface area contributed by atoms with Crippen LogP contribution in [0.15, 0.2) is 11.8 Å². The molecule has 0 radical (unpaired) electrons. The molecule has 2 aliphatic rings. The first kappa shape index (κ1) is 19.4. The highest BCUT2D eigenvalue weighted by atomic mass is 32.1. The maximum Gasteiger partial charge on any atom is 0.350 e. The Morgan fingerprint density at radius 1 is 1.33 bits per heavy atom. The van der Waals surface area contributed by atoms with Crippen LogP contribution >= 0.6 is 11.3 Å². The van der Waals surface area contributed by atoms with E-state index in [-0.39, 0.29) is 12.2 Å². The molecule has 0 amide bonds. The summed E-state index contributed by atoms with van der Waals surface area (Å²) in [6.45, 7) is 7.18. The van der Waals surface area contributed by atoms with E-state index in [9.17, 15) is 14.4 Å². The van der Waals surface area contributed by atoms with Crippen LogP contribution in [0.1, 0.15) is 54.9 Å². The molecule has 7 nitrogen and oxygen atoms in total. The first-order valence-corrected chi connectivity index (χ1v) is 9.78. The SMILES string of the molecule is CCOC(=O)c1c(NC=C2C(=O)OC(C)(C)OC2=O)sc2c1CC[C@@H](C)C2. The molecule has 1 aliphatic carbocycles. The number of thiophene rings is 1. The largest absolute Gasteiger partial charge is 0.462 e. The van der Waals surface area contributed by atoms with Gasteiger partial charge in [-0.1, -0.05) is 6.92 Å². The van der Waals surface area contributed by atoms with Crippen molar-refractivity contribution in [3.05, 3.63) is 27.8 Å². The van der Waals surface area contributed by atoms with Crippen LogP contribution in [0.25, 0.3) is 0 Å². The molecule has 0 spiro atoms. The average Bonchev–Trinajstić information content (AvgIpc) is 2.90. The Hall–Kier alpha value is -2.35. The fraction of sp³-hybridized carbons (Fsp3) is 0.526. The minimum absolute atomic E-state index is 0.246. The molecule has 0 unspecified atom stereocenters. The van der Waals surface area contributed by atoms with Gasteiger partial charge in [0.05, 0.1) is 12.2 Å². The number of fused-ring (bicyclic) bond motifs is 1. The molecule has 1 aliphatic heterocycles. The Labute approximate surface area is 161 Å². The molecule has 1 saturated heterocycles. The fourth-order valence-electron chi connectivity index (χ4n) is 3.19. The monoisotopic (exact) mass is 393 g/mol. The molecule has 3 rings (SSSR count). The van der Waals surface area contributed by atoms with Crippen molar-refractivity contribution in [2.24, 2.45) is 5.92 Å². The van der Waals surface area contributed by atoms with Gasteiger partial charge < -0.3 is 19.5 Å². The smallest absolute Gasteiger partial charge is 0.350 e. The number of rotatable bonds is 4. The second-order valence-electron chi connectivity index (χ2n) is 7.16. The maximum absolute atomic E-state index is 12.5. The van der Waals surface area contributed by atoms with Gasteiger partial charge in [0.15, 0.2) is 5.57 Å². The van der Waals surface area contributed by atoms with E-state index >= 15 is 0 Å². The Balaban J connectivity index is 1.91. The van der Waals surface area contributed by atoms with Gasteiger partial charge in [0.2, 0.25) is 0 Å². The van der Waals surface area contributed by atoms with E-state index in [1.807, 2.05) is 0 Å². The van der Waals surface area contributed by atoms with Gasteiger partial charge in [-0.3, -0.25) is 0 Å². The van der Waals surface area contributed by atoms with Crippen molar-refractivity contribution in [3.63, 3.8) is 0 Å². The topological polar surface area (TPSA) is 90.9 Å². The normalized spacial score (nSPS) is 21.0. The van der Waals surface area contributed by atoms with Gasteiger partial charge in [-0.25, -0.2) is 14.4 Å². The van der Waals surface area contributed by atoms with Crippen LogP contribution in [0.5, 0.6) is 0 Å². The quantitative estimate of drug-likeness (QED) is 0.477. The molecule has 1 aromatic rings. The lowest BCUT2D eigenvalue weighted by atomic mass is 9.88. The van der Waals surface area contributed by atoms with Gasteiger partial charge in [0, 0.05) is 24.9 Å². The predicted octanol–water partition coefficient (Wildman–Crippen LogP) is 3.18. The highest BCUT2D eigenvalue weighted by Gasteiger charge is 2.39. The van der Waals surface area contributed by atoms with Gasteiger partial charge in [-0.2, -0.15) is 0 Å². The number of anilines is 1. The second kappa shape index (κ2) is 7.34. The highest BCUT2D eigenvalue weighted by molar-refractivity contribution is 7.16. The summed E-state index contributed by atoms with van der Waals surface area (Å²) in [5.41, 5.74) is 1.23. The molecule has 146 valence electrons. The van der Waals surface area contributed by atoms with Crippen molar-refractivity contribution in [3.8, 4) is 0 Å². The number of esters is 3. The number of nitrogens with one attached hydrogen (secondary N) is 1. The molecule has 0 aromatic carbocycles. The minimum atomic E-state index is -1.29. The summed E-state index contributed by atoms with van der Waals surface area (Å²) in [4.78, 5) is 37.8. The predicted molar refractivity (Wildman–Crippen MR) is 99.4 cm³/mol. The summed E-state index contributed by atoms with van der Waals surface area (Å²) in [5, 5.41) is 3.50. The molecule has 1 N–H and O–H groups in total. The minimum Gasteiger partial charge on any atom is -0.462 e. The van der Waals surface area contributed by atoms with Crippen molar-refractivity contribution >= 4 is 34.2 Å². The summed E-state index contributed by atoms with van der Waals surface area (Å²) >= 11 is 1.45. The highest BCUT2D eigenvalue weighted by Crippen LogP contribution is 2.40. The Bertz CT molecular complexity index is 800. The van der Waals surface area contributed by atoms with Crippen LogP contribution in [0, 0.1) is 5.92 Å². The molecule has 1 atom stereocenters. The fourth-order valence-corrected chi connectivity index (χ4v) is 4.56. The van der Waals surface area contributed by atoms with Gasteiger partial charge in [0.25, 0.3) is 5.79 Å². The van der Waals surface area contributed by atoms with Gasteiger partial charge >= 0.3 is 17.9 Å². The van der Waals surface area contributed by atoms with Crippen molar-refractivity contribution in [1.82, 2.24) is 0 Å². The van der Waals surface area contributed by atoms with Gasteiger partial charge in [-0.05, 0) is 37.7 Å². The van der Waals surface area contributed by atoms with E-state index in [4.69, 9.17) is 14.2 Å². The van der Waals surface area contributed by atoms with Crippen LogP contribution in [0.2, 0.25) is 0 Å². The van der Waals surface area contributed by atoms with Gasteiger partial charge in [-0.15, -0.1) is 11.3 Å². The molecule has 2 heterocycles. The van der Waals surface area contributed by atoms with E-state index in [0.29, 0.717) is 16.5 Å². The van der Waals surface area contributed by atoms with Crippen LogP contribution in [0.4, 0.5) is 5.00 Å². The molecular weight excluding hydrogens is 370 g/mol. The van der Waals surface area contributed by atoms with Crippen molar-refractivity contribution < 1.29 is 28.6 Å². The molecule has 1 fully saturated rings. The van der Waals surface area contributed by atoms with Crippen LogP contribution in [0.3, 0.4) is 0 Å². The van der Waals surface area contributed by atoms with E-state index in [0.717, 1.165) is 29.7 Å². The number of hydrogen-bond donors (Lipinski definition) is 1. The number of cyclic esters (lactones) is 2. The third kappa shape index (κ3) is 4.00. The maximum atomic E-state index is 12.5. The van der Waals surface area contributed by atoms with Crippen LogP contribution in [-0.4, -0.2) is 30.3 Å². The van der Waals surface area contributed by atoms with Crippen LogP contribution in [-0.2, 0) is 36.6 Å². The van der Waals surface area contributed by atoms with Crippen molar-refractivity contribution in [2.75, 3.05) is 11.9 Å². The number of ether oxygens (including phenoxy) is 3. The Morgan fingerprint density at radius 2 is 2.00 bits per heavy atom. The molecule has 0 saturated carbocycles. The molecular formula is C19H23NO6S. The average molecular weight is 393 g/mol. The lowest BCUT2D eigenvalue weighted by molar-refractivity contribution is -0.222. The summed E-state index contributed by atoms with van der Waals surface area (Å²) < 4.78 is 15.4. The lowest BCUT2D eigenvalue weighted by Crippen LogP contribution is -2.42. The number of carbonyl (C=O) groups is 3. The zero-order valence-electron chi connectivity index (χ0n) is 15.8. The van der Waals surface area contributed by atoms with Crippen molar-refractivity contribution in [2.45, 2.75) is 52.7 Å². The molecule has 1 aromatic heterocycles. The summed E-state index contributed by atoms with van der Waals surface area (Å²) in [6.07, 6.45) is 3.94. The van der Waals surface area contributed by atoms with E-state index in [1.165, 1.54) is 31.4 Å². The van der Waals surface area contributed by atoms with E-state index in [1.54, 1.807) is 6.92 Å². The van der Waals surface area contributed by atoms with E-state index in [2.05, 4.69) is 12.2 Å².